The molecule has 4 aromatic carbocycles. The Hall–Kier alpha value is -3.15. The molecule has 230 valence electrons. The molecule has 44 heavy (non-hydrogen) atoms. The zero-order valence-electron chi connectivity index (χ0n) is 25.8. The van der Waals surface area contributed by atoms with E-state index < -0.39 is 5.60 Å². The van der Waals surface area contributed by atoms with Gasteiger partial charge in [-0.2, -0.15) is 0 Å². The Morgan fingerprint density at radius 3 is 1.84 bits per heavy atom. The third-order valence-electron chi connectivity index (χ3n) is 10.0. The maximum atomic E-state index is 13.1. The Morgan fingerprint density at radius 1 is 0.727 bits per heavy atom. The van der Waals surface area contributed by atoms with Gasteiger partial charge in [0.25, 0.3) is 0 Å². The van der Waals surface area contributed by atoms with Gasteiger partial charge in [-0.3, -0.25) is 4.90 Å². The molecule has 0 unspecified atom stereocenters. The summed E-state index contributed by atoms with van der Waals surface area (Å²) < 4.78 is 5.49. The van der Waals surface area contributed by atoms with E-state index in [0.29, 0.717) is 0 Å². The molecular formula is C39H45ClN2O2. The zero-order valence-corrected chi connectivity index (χ0v) is 26.6. The number of hydrogen-bond acceptors (Lipinski definition) is 4. The summed E-state index contributed by atoms with van der Waals surface area (Å²) in [5.74, 6) is 0.902. The van der Waals surface area contributed by atoms with Crippen molar-refractivity contribution < 1.29 is 9.84 Å². The molecule has 0 aromatic heterocycles. The molecule has 2 aliphatic rings. The number of piperazine rings is 1. The van der Waals surface area contributed by atoms with Gasteiger partial charge < -0.3 is 14.7 Å². The number of ether oxygens (including phenoxy) is 1. The number of benzene rings is 4. The largest absolute Gasteiger partial charge is 0.497 e. The van der Waals surface area contributed by atoms with Gasteiger partial charge in [0.05, 0.1) is 13.2 Å². The van der Waals surface area contributed by atoms with E-state index in [-0.39, 0.29) is 17.9 Å². The second-order valence-corrected chi connectivity index (χ2v) is 13.0. The summed E-state index contributed by atoms with van der Waals surface area (Å²) in [7, 11) is 1.69. The van der Waals surface area contributed by atoms with Gasteiger partial charge in [-0.05, 0) is 65.3 Å². The van der Waals surface area contributed by atoms with E-state index in [9.17, 15) is 5.11 Å². The number of hydrogen-bond donors (Lipinski definition) is 1. The Bertz CT molecular complexity index is 1390. The monoisotopic (exact) mass is 608 g/mol. The molecule has 0 amide bonds. The van der Waals surface area contributed by atoms with Crippen LogP contribution in [0.15, 0.2) is 109 Å². The first-order valence-electron chi connectivity index (χ1n) is 16.2. The molecule has 1 heterocycles. The molecule has 2 atom stereocenters. The van der Waals surface area contributed by atoms with Crippen LogP contribution >= 0.6 is 11.6 Å². The fourth-order valence-electron chi connectivity index (χ4n) is 7.66. The minimum atomic E-state index is -1.01. The van der Waals surface area contributed by atoms with E-state index >= 15 is 0 Å². The summed E-state index contributed by atoms with van der Waals surface area (Å²) in [6, 6.07) is 38.3. The molecule has 1 saturated carbocycles. The van der Waals surface area contributed by atoms with Crippen molar-refractivity contribution in [3.63, 3.8) is 0 Å². The third kappa shape index (κ3) is 6.74. The lowest BCUT2D eigenvalue weighted by Gasteiger charge is -2.47. The highest BCUT2D eigenvalue weighted by atomic mass is 35.5. The lowest BCUT2D eigenvalue weighted by molar-refractivity contribution is -0.0725. The van der Waals surface area contributed by atoms with Gasteiger partial charge in [0.2, 0.25) is 0 Å². The second-order valence-electron chi connectivity index (χ2n) is 12.6. The van der Waals surface area contributed by atoms with Gasteiger partial charge in [0.15, 0.2) is 0 Å². The molecule has 1 N–H and O–H groups in total. The second kappa shape index (κ2) is 14.3. The van der Waals surface area contributed by atoms with Crippen LogP contribution in [0, 0.1) is 5.92 Å². The fraction of sp³-hybridized carbons (Fsp3) is 0.385. The maximum Gasteiger partial charge on any atom is 0.118 e. The van der Waals surface area contributed by atoms with E-state index in [2.05, 4.69) is 94.7 Å². The fourth-order valence-corrected chi connectivity index (χ4v) is 7.79. The van der Waals surface area contributed by atoms with Crippen LogP contribution in [0.3, 0.4) is 0 Å². The first-order valence-corrected chi connectivity index (χ1v) is 16.6. The quantitative estimate of drug-likeness (QED) is 0.196. The van der Waals surface area contributed by atoms with Crippen LogP contribution in [-0.4, -0.2) is 54.7 Å². The van der Waals surface area contributed by atoms with Crippen molar-refractivity contribution in [3.8, 4) is 5.75 Å². The predicted octanol–water partition coefficient (Wildman–Crippen LogP) is 8.31. The topological polar surface area (TPSA) is 35.9 Å². The lowest BCUT2D eigenvalue weighted by atomic mass is 9.65. The summed E-state index contributed by atoms with van der Waals surface area (Å²) in [6.07, 6.45) is 5.64. The van der Waals surface area contributed by atoms with Crippen LogP contribution in [0.25, 0.3) is 0 Å². The van der Waals surface area contributed by atoms with Gasteiger partial charge in [-0.15, -0.1) is 0 Å². The van der Waals surface area contributed by atoms with E-state index in [1.54, 1.807) is 7.11 Å². The Labute approximate surface area is 268 Å². The molecule has 1 aliphatic heterocycles. The lowest BCUT2D eigenvalue weighted by Crippen LogP contribution is -2.52. The van der Waals surface area contributed by atoms with Gasteiger partial charge in [-0.25, -0.2) is 0 Å². The van der Waals surface area contributed by atoms with Gasteiger partial charge in [0.1, 0.15) is 11.4 Å². The van der Waals surface area contributed by atoms with Crippen LogP contribution in [0.2, 0.25) is 5.02 Å². The maximum absolute atomic E-state index is 13.1. The summed E-state index contributed by atoms with van der Waals surface area (Å²) in [6.45, 7) is 4.61. The highest BCUT2D eigenvalue weighted by molar-refractivity contribution is 6.30. The van der Waals surface area contributed by atoms with Crippen LogP contribution < -0.4 is 4.74 Å². The standard InChI is InChI=1S/C39H45ClN2O2/c1-44-36-23-19-34(20-24-36)39(43,33-15-9-4-10-16-33)37(30-17-21-35(40)22-18-30)29-41-25-27-42(28-26-41)38(31-11-5-2-6-12-31)32-13-7-3-8-14-32/h2-3,5-8,11-14,17-24,33,37-38,43H,4,9-10,15-16,25-29H2,1H3/t37-,39-/m1/s1. The molecule has 2 fully saturated rings. The van der Waals surface area contributed by atoms with Crippen molar-refractivity contribution in [2.24, 2.45) is 5.92 Å². The number of halogens is 1. The number of nitrogens with zero attached hydrogens (tertiary/aromatic N) is 2. The predicted molar refractivity (Wildman–Crippen MR) is 180 cm³/mol. The summed E-state index contributed by atoms with van der Waals surface area (Å²) >= 11 is 6.38. The molecule has 5 heteroatoms. The van der Waals surface area contributed by atoms with E-state index in [1.165, 1.54) is 17.5 Å². The van der Waals surface area contributed by atoms with Gasteiger partial charge >= 0.3 is 0 Å². The third-order valence-corrected chi connectivity index (χ3v) is 10.3. The van der Waals surface area contributed by atoms with Crippen molar-refractivity contribution in [1.82, 2.24) is 9.80 Å². The summed E-state index contributed by atoms with van der Waals surface area (Å²) in [4.78, 5) is 5.19. The first-order chi connectivity index (χ1) is 21.6. The van der Waals surface area contributed by atoms with Crippen molar-refractivity contribution >= 4 is 11.6 Å². The normalized spacial score (nSPS) is 19.0. The Kier molecular flexibility index (Phi) is 10.0. The minimum absolute atomic E-state index is 0.0955. The van der Waals surface area contributed by atoms with Gasteiger partial charge in [-0.1, -0.05) is 116 Å². The molecule has 1 saturated heterocycles. The Morgan fingerprint density at radius 2 is 1.30 bits per heavy atom. The van der Waals surface area contributed by atoms with Crippen molar-refractivity contribution in [2.45, 2.75) is 49.7 Å². The van der Waals surface area contributed by atoms with E-state index in [0.717, 1.165) is 80.3 Å². The number of aliphatic hydroxyl groups is 1. The van der Waals surface area contributed by atoms with Crippen LogP contribution in [0.4, 0.5) is 0 Å². The minimum Gasteiger partial charge on any atom is -0.497 e. The first kappa shape index (κ1) is 30.9. The highest BCUT2D eigenvalue weighted by Crippen LogP contribution is 2.49. The summed E-state index contributed by atoms with van der Waals surface area (Å²) in [5.41, 5.74) is 3.78. The summed E-state index contributed by atoms with van der Waals surface area (Å²) in [5, 5.41) is 13.8. The molecule has 0 bridgehead atoms. The van der Waals surface area contributed by atoms with E-state index in [1.807, 2.05) is 24.3 Å². The molecule has 6 rings (SSSR count). The molecule has 1 aliphatic carbocycles. The van der Waals surface area contributed by atoms with Crippen LogP contribution in [-0.2, 0) is 5.60 Å². The van der Waals surface area contributed by atoms with Crippen LogP contribution in [0.5, 0.6) is 5.75 Å². The van der Waals surface area contributed by atoms with Crippen molar-refractivity contribution in [1.29, 1.82) is 0 Å². The van der Waals surface area contributed by atoms with Gasteiger partial charge in [0, 0.05) is 43.7 Å². The molecule has 4 nitrogen and oxygen atoms in total. The average Bonchev–Trinajstić information content (AvgIpc) is 3.09. The van der Waals surface area contributed by atoms with Crippen molar-refractivity contribution in [3.05, 3.63) is 136 Å². The average molecular weight is 609 g/mol. The van der Waals surface area contributed by atoms with Crippen LogP contribution in [0.1, 0.15) is 66.3 Å². The number of rotatable bonds is 10. The number of methoxy groups -OCH3 is 1. The molecule has 4 aromatic rings. The van der Waals surface area contributed by atoms with Crippen molar-refractivity contribution in [2.75, 3.05) is 39.8 Å². The van der Waals surface area contributed by atoms with E-state index in [4.69, 9.17) is 16.3 Å². The SMILES string of the molecule is COc1ccc([C@](O)(C2CCCCC2)[C@H](CN2CCN(C(c3ccccc3)c3ccccc3)CC2)c2ccc(Cl)cc2)cc1. The zero-order chi connectivity index (χ0) is 30.4. The molecular weight excluding hydrogens is 564 g/mol. The smallest absolute Gasteiger partial charge is 0.118 e. The molecule has 0 spiro atoms. The highest BCUT2D eigenvalue weighted by Gasteiger charge is 2.47. The Balaban J connectivity index is 1.29. The molecule has 0 radical (unpaired) electrons.